The van der Waals surface area contributed by atoms with E-state index in [0.29, 0.717) is 33.9 Å². The van der Waals surface area contributed by atoms with Crippen LogP contribution in [-0.2, 0) is 0 Å². The predicted octanol–water partition coefficient (Wildman–Crippen LogP) is 3.62. The monoisotopic (exact) mass is 358 g/mol. The lowest BCUT2D eigenvalue weighted by molar-refractivity contribution is 0.0733. The van der Waals surface area contributed by atoms with Crippen LogP contribution >= 0.6 is 0 Å². The molecule has 132 valence electrons. The molecule has 0 saturated carbocycles. The number of rotatable bonds is 3. The summed E-state index contributed by atoms with van der Waals surface area (Å²) in [6, 6.07) is 11.7. The fourth-order valence-electron chi connectivity index (χ4n) is 2.72. The number of hydrogen-bond donors (Lipinski definition) is 0. The van der Waals surface area contributed by atoms with Crippen molar-refractivity contribution in [3.05, 3.63) is 89.2 Å². The Labute approximate surface area is 155 Å². The molecule has 0 N–H and O–H groups in total. The highest BCUT2D eigenvalue weighted by atomic mass is 16.5. The summed E-state index contributed by atoms with van der Waals surface area (Å²) in [5.74, 6) is 0.175. The van der Waals surface area contributed by atoms with Gasteiger partial charge in [0.1, 0.15) is 11.5 Å². The molecule has 1 aromatic carbocycles. The maximum Gasteiger partial charge on any atom is 0.343 e. The lowest BCUT2D eigenvalue weighted by Crippen LogP contribution is -2.09. The van der Waals surface area contributed by atoms with E-state index < -0.39 is 5.97 Å². The van der Waals surface area contributed by atoms with Gasteiger partial charge in [-0.15, -0.1) is 0 Å². The number of fused-ring (bicyclic) bond motifs is 1. The number of allylic oxidation sites excluding steroid dienone is 1. The summed E-state index contributed by atoms with van der Waals surface area (Å²) >= 11 is 0. The lowest BCUT2D eigenvalue weighted by Gasteiger charge is -2.10. The molecule has 6 nitrogen and oxygen atoms in total. The number of esters is 1. The summed E-state index contributed by atoms with van der Waals surface area (Å²) < 4.78 is 11.2. The van der Waals surface area contributed by atoms with Crippen LogP contribution in [0.25, 0.3) is 6.08 Å². The number of aromatic nitrogens is 2. The Bertz CT molecular complexity index is 1060. The van der Waals surface area contributed by atoms with E-state index in [4.69, 9.17) is 9.47 Å². The zero-order valence-electron chi connectivity index (χ0n) is 14.4. The van der Waals surface area contributed by atoms with Gasteiger partial charge in [0.05, 0.1) is 16.8 Å². The number of ketones is 1. The number of carbonyl (C=O) groups is 2. The number of Topliss-reactive ketones (excluding diaryl/α,β-unsaturated/α-hetero) is 1. The molecule has 0 spiro atoms. The summed E-state index contributed by atoms with van der Waals surface area (Å²) in [5.41, 5.74) is 2.01. The zero-order chi connectivity index (χ0) is 18.8. The minimum absolute atomic E-state index is 0.185. The average molecular weight is 358 g/mol. The van der Waals surface area contributed by atoms with Gasteiger partial charge in [0.2, 0.25) is 5.78 Å². The molecule has 0 aliphatic carbocycles. The number of nitrogens with zero attached hydrogens (tertiary/aromatic N) is 2. The Morgan fingerprint density at radius 1 is 1.07 bits per heavy atom. The summed E-state index contributed by atoms with van der Waals surface area (Å²) in [7, 11) is 0. The van der Waals surface area contributed by atoms with Crippen LogP contribution < -0.4 is 9.47 Å². The Morgan fingerprint density at radius 2 is 1.89 bits per heavy atom. The Kier molecular flexibility index (Phi) is 4.22. The molecule has 0 fully saturated rings. The molecule has 0 radical (unpaired) electrons. The third-order valence-corrected chi connectivity index (χ3v) is 4.12. The quantitative estimate of drug-likeness (QED) is 0.404. The molecule has 0 saturated heterocycles. The molecule has 6 heteroatoms. The summed E-state index contributed by atoms with van der Waals surface area (Å²) in [6.07, 6.45) is 6.26. The van der Waals surface area contributed by atoms with Crippen LogP contribution in [0.1, 0.15) is 32.0 Å². The second-order valence-corrected chi connectivity index (χ2v) is 5.89. The first-order chi connectivity index (χ1) is 13.1. The Hall–Kier alpha value is -3.80. The van der Waals surface area contributed by atoms with Crippen molar-refractivity contribution in [3.8, 4) is 11.5 Å². The number of carbonyl (C=O) groups excluding carboxylic acids is 2. The van der Waals surface area contributed by atoms with E-state index in [1.807, 2.05) is 6.07 Å². The van der Waals surface area contributed by atoms with E-state index >= 15 is 0 Å². The van der Waals surface area contributed by atoms with Crippen LogP contribution in [0.15, 0.2) is 66.8 Å². The molecular weight excluding hydrogens is 344 g/mol. The largest absolute Gasteiger partial charge is 0.452 e. The maximum atomic E-state index is 12.6. The summed E-state index contributed by atoms with van der Waals surface area (Å²) in [5, 5.41) is 0. The fourth-order valence-corrected chi connectivity index (χ4v) is 2.72. The van der Waals surface area contributed by atoms with Gasteiger partial charge in [-0.2, -0.15) is 0 Å². The van der Waals surface area contributed by atoms with Crippen LogP contribution in [0.3, 0.4) is 0 Å². The van der Waals surface area contributed by atoms with Crippen LogP contribution in [0.2, 0.25) is 0 Å². The molecule has 0 amide bonds. The molecular formula is C21H14N2O4. The minimum atomic E-state index is -0.506. The summed E-state index contributed by atoms with van der Waals surface area (Å²) in [6.45, 7) is 1.74. The highest BCUT2D eigenvalue weighted by molar-refractivity contribution is 6.14. The number of ether oxygens (including phenoxy) is 2. The SMILES string of the molecule is Cc1c(OC(=O)c2ccncc2)ccc2c1O/C(=C\c1ccccn1)C2=O. The van der Waals surface area contributed by atoms with Crippen molar-refractivity contribution >= 4 is 17.8 Å². The van der Waals surface area contributed by atoms with E-state index in [0.717, 1.165) is 0 Å². The van der Waals surface area contributed by atoms with Gasteiger partial charge in [0.25, 0.3) is 0 Å². The first kappa shape index (κ1) is 16.7. The molecule has 0 bridgehead atoms. The van der Waals surface area contributed by atoms with Crippen molar-refractivity contribution in [1.29, 1.82) is 0 Å². The van der Waals surface area contributed by atoms with Crippen LogP contribution in [0.5, 0.6) is 11.5 Å². The van der Waals surface area contributed by atoms with E-state index in [-0.39, 0.29) is 11.5 Å². The third-order valence-electron chi connectivity index (χ3n) is 4.12. The van der Waals surface area contributed by atoms with Crippen molar-refractivity contribution in [2.45, 2.75) is 6.92 Å². The number of benzene rings is 1. The lowest BCUT2D eigenvalue weighted by atomic mass is 10.1. The Balaban J connectivity index is 1.63. The van der Waals surface area contributed by atoms with Gasteiger partial charge < -0.3 is 9.47 Å². The standard InChI is InChI=1S/C21H14N2O4/c1-13-17(27-21(25)14-7-10-22-11-8-14)6-5-16-19(24)18(26-20(13)16)12-15-4-2-3-9-23-15/h2-12H,1H3/b18-12-. The van der Waals surface area contributed by atoms with E-state index in [9.17, 15) is 9.59 Å². The van der Waals surface area contributed by atoms with Gasteiger partial charge in [-0.05, 0) is 43.3 Å². The Morgan fingerprint density at radius 3 is 2.63 bits per heavy atom. The maximum absolute atomic E-state index is 12.6. The molecule has 4 rings (SSSR count). The molecule has 3 aromatic rings. The van der Waals surface area contributed by atoms with Gasteiger partial charge >= 0.3 is 5.97 Å². The molecule has 27 heavy (non-hydrogen) atoms. The topological polar surface area (TPSA) is 78.4 Å². The molecule has 0 unspecified atom stereocenters. The molecule has 3 heterocycles. The predicted molar refractivity (Wildman–Crippen MR) is 97.5 cm³/mol. The van der Waals surface area contributed by atoms with Gasteiger partial charge in [0.15, 0.2) is 5.76 Å². The van der Waals surface area contributed by atoms with E-state index in [1.165, 1.54) is 12.4 Å². The van der Waals surface area contributed by atoms with Gasteiger partial charge in [-0.25, -0.2) is 4.79 Å². The van der Waals surface area contributed by atoms with Crippen molar-refractivity contribution in [1.82, 2.24) is 9.97 Å². The molecule has 0 atom stereocenters. The van der Waals surface area contributed by atoms with Crippen LogP contribution in [0, 0.1) is 6.92 Å². The summed E-state index contributed by atoms with van der Waals surface area (Å²) in [4.78, 5) is 32.9. The first-order valence-corrected chi connectivity index (χ1v) is 8.24. The average Bonchev–Trinajstić information content (AvgIpc) is 3.02. The van der Waals surface area contributed by atoms with Crippen molar-refractivity contribution in [2.24, 2.45) is 0 Å². The molecule has 1 aliphatic rings. The highest BCUT2D eigenvalue weighted by Crippen LogP contribution is 2.39. The van der Waals surface area contributed by atoms with Gasteiger partial charge in [-0.1, -0.05) is 6.07 Å². The van der Waals surface area contributed by atoms with E-state index in [2.05, 4.69) is 9.97 Å². The van der Waals surface area contributed by atoms with Gasteiger partial charge in [-0.3, -0.25) is 14.8 Å². The smallest absolute Gasteiger partial charge is 0.343 e. The third kappa shape index (κ3) is 3.20. The zero-order valence-corrected chi connectivity index (χ0v) is 14.4. The second kappa shape index (κ2) is 6.84. The first-order valence-electron chi connectivity index (χ1n) is 8.24. The number of hydrogen-bond acceptors (Lipinski definition) is 6. The minimum Gasteiger partial charge on any atom is -0.452 e. The van der Waals surface area contributed by atoms with Crippen molar-refractivity contribution < 1.29 is 19.1 Å². The van der Waals surface area contributed by atoms with Crippen LogP contribution in [-0.4, -0.2) is 21.7 Å². The normalized spacial score (nSPS) is 14.0. The van der Waals surface area contributed by atoms with Crippen LogP contribution in [0.4, 0.5) is 0 Å². The molecule has 2 aromatic heterocycles. The highest BCUT2D eigenvalue weighted by Gasteiger charge is 2.30. The van der Waals surface area contributed by atoms with Crippen molar-refractivity contribution in [2.75, 3.05) is 0 Å². The van der Waals surface area contributed by atoms with Gasteiger partial charge in [0, 0.05) is 30.2 Å². The number of pyridine rings is 2. The van der Waals surface area contributed by atoms with Crippen molar-refractivity contribution in [3.63, 3.8) is 0 Å². The fraction of sp³-hybridized carbons (Fsp3) is 0.0476. The van der Waals surface area contributed by atoms with E-state index in [1.54, 1.807) is 55.6 Å². The second-order valence-electron chi connectivity index (χ2n) is 5.89. The molecule has 1 aliphatic heterocycles.